The van der Waals surface area contributed by atoms with Gasteiger partial charge in [-0.1, -0.05) is 13.8 Å². The fraction of sp³-hybridized carbons (Fsp3) is 0.615. The fourth-order valence-electron chi connectivity index (χ4n) is 1.42. The van der Waals surface area contributed by atoms with Crippen molar-refractivity contribution >= 4 is 5.97 Å². The summed E-state index contributed by atoms with van der Waals surface area (Å²) in [7, 11) is 0. The molecular weight excluding hydrogens is 234 g/mol. The van der Waals surface area contributed by atoms with Gasteiger partial charge >= 0.3 is 5.97 Å². The van der Waals surface area contributed by atoms with Crippen molar-refractivity contribution in [1.29, 1.82) is 0 Å². The molecule has 0 atom stereocenters. The third-order valence-corrected chi connectivity index (χ3v) is 2.29. The summed E-state index contributed by atoms with van der Waals surface area (Å²) >= 11 is 0. The molecule has 1 heterocycles. The normalized spacial score (nSPS) is 11.1. The van der Waals surface area contributed by atoms with Crippen molar-refractivity contribution in [3.05, 3.63) is 23.7 Å². The van der Waals surface area contributed by atoms with Crippen LogP contribution in [0.3, 0.4) is 0 Å². The highest BCUT2D eigenvalue weighted by molar-refractivity contribution is 5.87. The molecule has 0 fully saturated rings. The monoisotopic (exact) mass is 255 g/mol. The summed E-state index contributed by atoms with van der Waals surface area (Å²) in [5.74, 6) is 0.234. The lowest BCUT2D eigenvalue weighted by atomic mass is 10.2. The molecule has 102 valence electrons. The largest absolute Gasteiger partial charge is 0.478 e. The molecule has 2 N–H and O–H groups in total. The summed E-state index contributed by atoms with van der Waals surface area (Å²) < 4.78 is 10.6. The summed E-state index contributed by atoms with van der Waals surface area (Å²) in [6.45, 7) is 7.13. The van der Waals surface area contributed by atoms with E-state index in [1.807, 2.05) is 0 Å². The molecule has 18 heavy (non-hydrogen) atoms. The molecule has 0 spiro atoms. The van der Waals surface area contributed by atoms with Crippen molar-refractivity contribution in [2.24, 2.45) is 5.92 Å². The number of hydrogen-bond acceptors (Lipinski definition) is 4. The van der Waals surface area contributed by atoms with E-state index in [0.717, 1.165) is 26.2 Å². The average molecular weight is 255 g/mol. The van der Waals surface area contributed by atoms with E-state index in [9.17, 15) is 4.79 Å². The molecule has 1 rings (SSSR count). The molecule has 0 aromatic carbocycles. The minimum atomic E-state index is -0.966. The summed E-state index contributed by atoms with van der Waals surface area (Å²) in [5, 5.41) is 11.9. The Kier molecular flexibility index (Phi) is 6.46. The lowest BCUT2D eigenvalue weighted by Crippen LogP contribution is -2.16. The Morgan fingerprint density at radius 2 is 2.33 bits per heavy atom. The van der Waals surface area contributed by atoms with Crippen LogP contribution in [0.4, 0.5) is 0 Å². The second-order valence-corrected chi connectivity index (χ2v) is 4.61. The summed E-state index contributed by atoms with van der Waals surface area (Å²) in [6, 6.07) is 1.53. The molecule has 0 saturated carbocycles. The van der Waals surface area contributed by atoms with Crippen molar-refractivity contribution < 1.29 is 19.1 Å². The highest BCUT2D eigenvalue weighted by Gasteiger charge is 2.07. The Labute approximate surface area is 107 Å². The standard InChI is InChI=1S/C13H21NO4/c1-10(2)8-17-5-3-4-14-7-12-6-11(9-18-12)13(15)16/h6,9-10,14H,3-5,7-8H2,1-2H3,(H,15,16). The number of carboxylic acid groups (broad SMARTS) is 1. The molecular formula is C13H21NO4. The molecule has 5 heteroatoms. The zero-order valence-corrected chi connectivity index (χ0v) is 10.9. The summed E-state index contributed by atoms with van der Waals surface area (Å²) in [6.07, 6.45) is 2.18. The lowest BCUT2D eigenvalue weighted by Gasteiger charge is -2.06. The van der Waals surface area contributed by atoms with Gasteiger partial charge in [0.05, 0.1) is 12.1 Å². The SMILES string of the molecule is CC(C)COCCCNCc1cc(C(=O)O)co1. The highest BCUT2D eigenvalue weighted by Crippen LogP contribution is 2.07. The van der Waals surface area contributed by atoms with E-state index in [0.29, 0.717) is 18.2 Å². The zero-order valence-electron chi connectivity index (χ0n) is 10.9. The van der Waals surface area contributed by atoms with Gasteiger partial charge in [0, 0.05) is 13.2 Å². The molecule has 1 aromatic rings. The Hall–Kier alpha value is -1.33. The van der Waals surface area contributed by atoms with Gasteiger partial charge in [0.25, 0.3) is 0 Å². The maximum absolute atomic E-state index is 10.6. The number of rotatable bonds is 9. The van der Waals surface area contributed by atoms with Crippen LogP contribution in [-0.2, 0) is 11.3 Å². The van der Waals surface area contributed by atoms with Crippen LogP contribution in [-0.4, -0.2) is 30.8 Å². The van der Waals surface area contributed by atoms with E-state index in [-0.39, 0.29) is 5.56 Å². The van der Waals surface area contributed by atoms with E-state index in [1.54, 1.807) is 0 Å². The molecule has 5 nitrogen and oxygen atoms in total. The number of hydrogen-bond donors (Lipinski definition) is 2. The predicted molar refractivity (Wildman–Crippen MR) is 67.6 cm³/mol. The maximum atomic E-state index is 10.6. The molecule has 1 aromatic heterocycles. The predicted octanol–water partition coefficient (Wildman–Crippen LogP) is 2.13. The van der Waals surface area contributed by atoms with Crippen molar-refractivity contribution in [2.45, 2.75) is 26.8 Å². The number of ether oxygens (including phenoxy) is 1. The average Bonchev–Trinajstić information content (AvgIpc) is 2.76. The van der Waals surface area contributed by atoms with Crippen molar-refractivity contribution in [1.82, 2.24) is 5.32 Å². The second kappa shape index (κ2) is 7.89. The van der Waals surface area contributed by atoms with Crippen LogP contribution >= 0.6 is 0 Å². The Balaban J connectivity index is 2.05. The van der Waals surface area contributed by atoms with Crippen molar-refractivity contribution in [2.75, 3.05) is 19.8 Å². The number of aromatic carboxylic acids is 1. The minimum Gasteiger partial charge on any atom is -0.478 e. The number of carbonyl (C=O) groups is 1. The molecule has 0 aliphatic rings. The first-order chi connectivity index (χ1) is 8.59. The van der Waals surface area contributed by atoms with E-state index in [1.165, 1.54) is 12.3 Å². The molecule has 0 aliphatic carbocycles. The van der Waals surface area contributed by atoms with Gasteiger partial charge in [0.1, 0.15) is 12.0 Å². The van der Waals surface area contributed by atoms with E-state index in [2.05, 4.69) is 19.2 Å². The Morgan fingerprint density at radius 1 is 1.56 bits per heavy atom. The smallest absolute Gasteiger partial charge is 0.338 e. The van der Waals surface area contributed by atoms with Gasteiger partial charge in [-0.05, 0) is 24.9 Å². The van der Waals surface area contributed by atoms with Crippen LogP contribution in [0.2, 0.25) is 0 Å². The first kappa shape index (κ1) is 14.7. The minimum absolute atomic E-state index is 0.187. The van der Waals surface area contributed by atoms with Crippen LogP contribution in [0, 0.1) is 5.92 Å². The molecule has 0 aliphatic heterocycles. The fourth-order valence-corrected chi connectivity index (χ4v) is 1.42. The number of nitrogens with one attached hydrogen (secondary N) is 1. The van der Waals surface area contributed by atoms with Gasteiger partial charge in [0.2, 0.25) is 0 Å². The topological polar surface area (TPSA) is 71.7 Å². The highest BCUT2D eigenvalue weighted by atomic mass is 16.5. The Morgan fingerprint density at radius 3 is 2.94 bits per heavy atom. The van der Waals surface area contributed by atoms with Crippen LogP contribution in [0.15, 0.2) is 16.7 Å². The molecule has 0 radical (unpaired) electrons. The number of carboxylic acids is 1. The van der Waals surface area contributed by atoms with E-state index in [4.69, 9.17) is 14.3 Å². The van der Waals surface area contributed by atoms with Crippen molar-refractivity contribution in [3.63, 3.8) is 0 Å². The van der Waals surface area contributed by atoms with Crippen molar-refractivity contribution in [3.8, 4) is 0 Å². The molecule has 0 bridgehead atoms. The van der Waals surface area contributed by atoms with Gasteiger partial charge in [-0.25, -0.2) is 4.79 Å². The van der Waals surface area contributed by atoms with E-state index >= 15 is 0 Å². The third-order valence-electron chi connectivity index (χ3n) is 2.29. The van der Waals surface area contributed by atoms with E-state index < -0.39 is 5.97 Å². The quantitative estimate of drug-likeness (QED) is 0.661. The first-order valence-corrected chi connectivity index (χ1v) is 6.18. The molecule has 0 unspecified atom stereocenters. The Bertz CT molecular complexity index is 360. The third kappa shape index (κ3) is 5.84. The van der Waals surface area contributed by atoms with Gasteiger partial charge in [-0.2, -0.15) is 0 Å². The summed E-state index contributed by atoms with van der Waals surface area (Å²) in [4.78, 5) is 10.6. The molecule has 0 amide bonds. The molecule has 0 saturated heterocycles. The maximum Gasteiger partial charge on any atom is 0.338 e. The zero-order chi connectivity index (χ0) is 13.4. The van der Waals surface area contributed by atoms with Gasteiger partial charge in [-0.15, -0.1) is 0 Å². The second-order valence-electron chi connectivity index (χ2n) is 4.61. The van der Waals surface area contributed by atoms with Gasteiger partial charge in [0.15, 0.2) is 0 Å². The van der Waals surface area contributed by atoms with Crippen LogP contribution < -0.4 is 5.32 Å². The summed E-state index contributed by atoms with van der Waals surface area (Å²) in [5.41, 5.74) is 0.187. The van der Waals surface area contributed by atoms with Gasteiger partial charge < -0.3 is 19.6 Å². The van der Waals surface area contributed by atoms with Crippen LogP contribution in [0.5, 0.6) is 0 Å². The first-order valence-electron chi connectivity index (χ1n) is 6.18. The van der Waals surface area contributed by atoms with Crippen LogP contribution in [0.1, 0.15) is 36.4 Å². The van der Waals surface area contributed by atoms with Gasteiger partial charge in [-0.3, -0.25) is 0 Å². The van der Waals surface area contributed by atoms with Crippen LogP contribution in [0.25, 0.3) is 0 Å². The lowest BCUT2D eigenvalue weighted by molar-refractivity contribution is 0.0696. The number of furan rings is 1.